The standard InChI is InChI=1S/C9H16NO7/c1-4(12)10(2)9(16)7(14)6(13)5(3-11)17-8(9)15/h5-8,11,13-14,16H,3H2,1-2H3/q-1/t5-,6-,7+,8-,9-/m1/s1. The number of amides is 1. The summed E-state index contributed by atoms with van der Waals surface area (Å²) in [6.07, 6.45) is -7.08. The highest BCUT2D eigenvalue weighted by atomic mass is 16.6. The summed E-state index contributed by atoms with van der Waals surface area (Å²) in [5, 5.41) is 49.7. The Balaban J connectivity index is 3.03. The zero-order chi connectivity index (χ0) is 13.4. The lowest BCUT2D eigenvalue weighted by atomic mass is 9.92. The predicted octanol–water partition coefficient (Wildman–Crippen LogP) is -4.05. The first-order valence-electron chi connectivity index (χ1n) is 5.01. The molecule has 100 valence electrons. The highest BCUT2D eigenvalue weighted by Crippen LogP contribution is 2.29. The van der Waals surface area contributed by atoms with Gasteiger partial charge in [0.2, 0.25) is 5.91 Å². The Labute approximate surface area is 97.7 Å². The van der Waals surface area contributed by atoms with Gasteiger partial charge < -0.3 is 35.2 Å². The molecule has 1 rings (SSSR count). The van der Waals surface area contributed by atoms with Gasteiger partial charge in [-0.15, -0.1) is 0 Å². The topological polar surface area (TPSA) is 134 Å². The number of likely N-dealkylation sites (N-methyl/N-ethyl adjacent to an activating group) is 1. The number of hydrogen-bond acceptors (Lipinski definition) is 7. The van der Waals surface area contributed by atoms with Crippen molar-refractivity contribution in [3.63, 3.8) is 0 Å². The molecule has 0 unspecified atom stereocenters. The van der Waals surface area contributed by atoms with Gasteiger partial charge in [-0.1, -0.05) is 0 Å². The molecular weight excluding hydrogens is 234 g/mol. The molecule has 0 aliphatic carbocycles. The van der Waals surface area contributed by atoms with Crippen LogP contribution in [0.1, 0.15) is 6.92 Å². The van der Waals surface area contributed by atoms with Crippen LogP contribution in [0, 0.1) is 0 Å². The van der Waals surface area contributed by atoms with Gasteiger partial charge in [-0.2, -0.15) is 0 Å². The zero-order valence-corrected chi connectivity index (χ0v) is 9.48. The van der Waals surface area contributed by atoms with Crippen LogP contribution in [0.25, 0.3) is 0 Å². The summed E-state index contributed by atoms with van der Waals surface area (Å²) in [5.41, 5.74) is -2.57. The van der Waals surface area contributed by atoms with Crippen molar-refractivity contribution in [2.24, 2.45) is 0 Å². The normalized spacial score (nSPS) is 42.3. The minimum atomic E-state index is -2.57. The van der Waals surface area contributed by atoms with Crippen molar-refractivity contribution in [2.75, 3.05) is 13.7 Å². The second-order valence-corrected chi connectivity index (χ2v) is 3.99. The number of hydrogen-bond donors (Lipinski definition) is 4. The highest BCUT2D eigenvalue weighted by molar-refractivity contribution is 5.73. The molecule has 0 aromatic rings. The van der Waals surface area contributed by atoms with Crippen LogP contribution in [0.4, 0.5) is 0 Å². The van der Waals surface area contributed by atoms with Crippen molar-refractivity contribution in [2.45, 2.75) is 37.3 Å². The summed E-state index contributed by atoms with van der Waals surface area (Å²) in [6, 6.07) is 0. The van der Waals surface area contributed by atoms with E-state index in [9.17, 15) is 25.2 Å². The van der Waals surface area contributed by atoms with Crippen LogP contribution in [0.15, 0.2) is 0 Å². The van der Waals surface area contributed by atoms with E-state index in [4.69, 9.17) is 5.11 Å². The highest BCUT2D eigenvalue weighted by Gasteiger charge is 2.53. The van der Waals surface area contributed by atoms with E-state index in [2.05, 4.69) is 4.74 Å². The molecule has 4 N–H and O–H groups in total. The number of aliphatic hydroxyl groups is 4. The Morgan fingerprint density at radius 3 is 2.47 bits per heavy atom. The van der Waals surface area contributed by atoms with Crippen molar-refractivity contribution in [3.8, 4) is 0 Å². The quantitative estimate of drug-likeness (QED) is 0.366. The number of carbonyl (C=O) groups excluding carboxylic acids is 1. The molecule has 0 spiro atoms. The summed E-state index contributed by atoms with van der Waals surface area (Å²) >= 11 is 0. The van der Waals surface area contributed by atoms with Gasteiger partial charge in [0.15, 0.2) is 5.72 Å². The number of aliphatic hydroxyl groups excluding tert-OH is 3. The van der Waals surface area contributed by atoms with Gasteiger partial charge in [0.05, 0.1) is 6.61 Å². The van der Waals surface area contributed by atoms with E-state index in [0.717, 1.165) is 14.0 Å². The number of carbonyl (C=O) groups is 1. The van der Waals surface area contributed by atoms with Gasteiger partial charge in [0.1, 0.15) is 18.3 Å². The fourth-order valence-corrected chi connectivity index (χ4v) is 1.69. The number of ether oxygens (including phenoxy) is 1. The van der Waals surface area contributed by atoms with Gasteiger partial charge in [-0.05, 0) is 0 Å². The molecular formula is C9H16NO7-. The van der Waals surface area contributed by atoms with Crippen molar-refractivity contribution in [3.05, 3.63) is 0 Å². The molecule has 1 aliphatic rings. The van der Waals surface area contributed by atoms with Gasteiger partial charge in [-0.25, -0.2) is 0 Å². The Kier molecular flexibility index (Phi) is 4.07. The van der Waals surface area contributed by atoms with Crippen LogP contribution < -0.4 is 5.11 Å². The van der Waals surface area contributed by atoms with E-state index in [1.54, 1.807) is 0 Å². The third-order valence-corrected chi connectivity index (χ3v) is 2.97. The van der Waals surface area contributed by atoms with E-state index >= 15 is 0 Å². The van der Waals surface area contributed by atoms with Crippen LogP contribution in [0.3, 0.4) is 0 Å². The SMILES string of the molecule is CC(=O)N(C)[C@]1(O)[C@H]([O-])O[C@H](CO)[C@@H](O)[C@@H]1O. The summed E-state index contributed by atoms with van der Waals surface area (Å²) in [4.78, 5) is 11.7. The third kappa shape index (κ3) is 2.15. The zero-order valence-electron chi connectivity index (χ0n) is 9.48. The van der Waals surface area contributed by atoms with E-state index in [0.29, 0.717) is 4.90 Å². The predicted molar refractivity (Wildman–Crippen MR) is 51.2 cm³/mol. The molecule has 1 amide bonds. The maximum Gasteiger partial charge on any atom is 0.221 e. The Morgan fingerprint density at radius 2 is 2.06 bits per heavy atom. The summed E-state index contributed by atoms with van der Waals surface area (Å²) < 4.78 is 4.65. The average molecular weight is 250 g/mol. The molecule has 5 atom stereocenters. The lowest BCUT2D eigenvalue weighted by Gasteiger charge is -2.54. The fourth-order valence-electron chi connectivity index (χ4n) is 1.69. The van der Waals surface area contributed by atoms with Crippen LogP contribution in [0.2, 0.25) is 0 Å². The largest absolute Gasteiger partial charge is 0.827 e. The smallest absolute Gasteiger partial charge is 0.221 e. The first kappa shape index (κ1) is 14.3. The third-order valence-electron chi connectivity index (χ3n) is 2.97. The Morgan fingerprint density at radius 1 is 1.53 bits per heavy atom. The second-order valence-electron chi connectivity index (χ2n) is 3.99. The van der Waals surface area contributed by atoms with Crippen LogP contribution in [0.5, 0.6) is 0 Å². The molecule has 0 saturated carbocycles. The molecule has 0 aromatic carbocycles. The first-order valence-corrected chi connectivity index (χ1v) is 5.01. The molecule has 0 bridgehead atoms. The van der Waals surface area contributed by atoms with Crippen LogP contribution >= 0.6 is 0 Å². The lowest BCUT2D eigenvalue weighted by Crippen LogP contribution is -2.76. The van der Waals surface area contributed by atoms with Crippen molar-refractivity contribution in [1.82, 2.24) is 4.90 Å². The molecule has 8 heteroatoms. The van der Waals surface area contributed by atoms with Gasteiger partial charge in [-0.3, -0.25) is 4.79 Å². The lowest BCUT2D eigenvalue weighted by molar-refractivity contribution is -0.563. The molecule has 1 heterocycles. The average Bonchev–Trinajstić information content (AvgIpc) is 2.29. The van der Waals surface area contributed by atoms with Gasteiger partial charge in [0.25, 0.3) is 0 Å². The minimum absolute atomic E-state index is 0.603. The summed E-state index contributed by atoms with van der Waals surface area (Å²) in [6.45, 7) is 0.402. The second kappa shape index (κ2) is 4.84. The van der Waals surface area contributed by atoms with Crippen LogP contribution in [-0.2, 0) is 9.53 Å². The summed E-state index contributed by atoms with van der Waals surface area (Å²) in [7, 11) is 1.10. The molecule has 1 aliphatic heterocycles. The number of rotatable bonds is 2. The molecule has 17 heavy (non-hydrogen) atoms. The van der Waals surface area contributed by atoms with Crippen molar-refractivity contribution < 1.29 is 35.1 Å². The maximum atomic E-state index is 11.6. The van der Waals surface area contributed by atoms with E-state index in [-0.39, 0.29) is 0 Å². The maximum absolute atomic E-state index is 11.6. The van der Waals surface area contributed by atoms with Gasteiger partial charge >= 0.3 is 0 Å². The van der Waals surface area contributed by atoms with E-state index < -0.39 is 42.8 Å². The molecule has 8 nitrogen and oxygen atoms in total. The van der Waals surface area contributed by atoms with Crippen molar-refractivity contribution in [1.29, 1.82) is 0 Å². The monoisotopic (exact) mass is 250 g/mol. The minimum Gasteiger partial charge on any atom is -0.827 e. The fraction of sp³-hybridized carbons (Fsp3) is 0.889. The number of nitrogens with zero attached hydrogens (tertiary/aromatic N) is 1. The van der Waals surface area contributed by atoms with E-state index in [1.807, 2.05) is 0 Å². The Bertz CT molecular complexity index is 299. The molecule has 0 radical (unpaired) electrons. The van der Waals surface area contributed by atoms with E-state index in [1.165, 1.54) is 0 Å². The molecule has 1 fully saturated rings. The molecule has 0 aromatic heterocycles. The van der Waals surface area contributed by atoms with Crippen molar-refractivity contribution >= 4 is 5.91 Å². The first-order chi connectivity index (χ1) is 7.76. The van der Waals surface area contributed by atoms with Crippen LogP contribution in [-0.4, -0.2) is 75.2 Å². The Hall–Kier alpha value is -0.770. The van der Waals surface area contributed by atoms with Gasteiger partial charge in [0, 0.05) is 20.3 Å². The molecule has 1 saturated heterocycles. The summed E-state index contributed by atoms with van der Waals surface area (Å²) in [5.74, 6) is -0.675.